The quantitative estimate of drug-likeness (QED) is 0.129. The average molecular weight is 600 g/mol. The van der Waals surface area contributed by atoms with Crippen LogP contribution in [0, 0.1) is 0 Å². The van der Waals surface area contributed by atoms with Crippen LogP contribution >= 0.6 is 0 Å². The van der Waals surface area contributed by atoms with Gasteiger partial charge in [0.15, 0.2) is 6.61 Å². The molecule has 0 radical (unpaired) electrons. The highest BCUT2D eigenvalue weighted by Crippen LogP contribution is 2.21. The summed E-state index contributed by atoms with van der Waals surface area (Å²) in [6.07, 6.45) is 1.67. The first kappa shape index (κ1) is 34.3. The molecule has 2 aromatic carbocycles. The number of carbonyl (C=O) groups is 6. The van der Waals surface area contributed by atoms with Gasteiger partial charge >= 0.3 is 17.9 Å². The maximum absolute atomic E-state index is 13.5. The zero-order chi connectivity index (χ0) is 31.8. The van der Waals surface area contributed by atoms with Gasteiger partial charge in [0.2, 0.25) is 17.7 Å². The van der Waals surface area contributed by atoms with Crippen LogP contribution in [-0.2, 0) is 36.8 Å². The number of ether oxygens (including phenoxy) is 1. The minimum Gasteiger partial charge on any atom is -0.481 e. The number of benzene rings is 2. The number of hydrogen-bond acceptors (Lipinski definition) is 7. The maximum atomic E-state index is 13.5. The Hall–Kier alpha value is -4.94. The lowest BCUT2D eigenvalue weighted by Crippen LogP contribution is -2.55. The predicted octanol–water partition coefficient (Wildman–Crippen LogP) is 1.77. The van der Waals surface area contributed by atoms with E-state index in [1.54, 1.807) is 30.3 Å². The Balaban J connectivity index is 2.32. The fourth-order valence-electron chi connectivity index (χ4n) is 4.11. The lowest BCUT2D eigenvalue weighted by molar-refractivity contribution is -0.139. The Bertz CT molecular complexity index is 1280. The van der Waals surface area contributed by atoms with E-state index in [4.69, 9.17) is 14.9 Å². The van der Waals surface area contributed by atoms with Gasteiger partial charge in [0.25, 0.3) is 0 Å². The van der Waals surface area contributed by atoms with Crippen LogP contribution in [0.5, 0.6) is 5.75 Å². The molecule has 0 unspecified atom stereocenters. The van der Waals surface area contributed by atoms with Gasteiger partial charge < -0.3 is 36.0 Å². The fraction of sp³-hybridized carbons (Fsp3) is 0.400. The first-order valence-corrected chi connectivity index (χ1v) is 13.8. The second-order valence-electron chi connectivity index (χ2n) is 9.79. The normalized spacial score (nSPS) is 11.9. The van der Waals surface area contributed by atoms with Crippen LogP contribution in [0.3, 0.4) is 0 Å². The van der Waals surface area contributed by atoms with Gasteiger partial charge in [-0.25, -0.2) is 9.59 Å². The van der Waals surface area contributed by atoms with E-state index in [0.29, 0.717) is 24.1 Å². The Morgan fingerprint density at radius 1 is 0.767 bits per heavy atom. The van der Waals surface area contributed by atoms with Crippen LogP contribution in [0.25, 0.3) is 0 Å². The molecule has 43 heavy (non-hydrogen) atoms. The van der Waals surface area contributed by atoms with Gasteiger partial charge in [-0.2, -0.15) is 0 Å². The van der Waals surface area contributed by atoms with Crippen molar-refractivity contribution in [1.82, 2.24) is 16.0 Å². The van der Waals surface area contributed by atoms with Crippen molar-refractivity contribution in [3.05, 3.63) is 65.2 Å². The van der Waals surface area contributed by atoms with Gasteiger partial charge in [-0.3, -0.25) is 19.2 Å². The molecule has 0 bridgehead atoms. The van der Waals surface area contributed by atoms with Crippen LogP contribution in [0.1, 0.15) is 60.5 Å². The summed E-state index contributed by atoms with van der Waals surface area (Å²) in [4.78, 5) is 72.8. The number of aromatic carboxylic acids is 1. The van der Waals surface area contributed by atoms with Gasteiger partial charge in [0, 0.05) is 25.8 Å². The molecule has 0 spiro atoms. The largest absolute Gasteiger partial charge is 0.481 e. The maximum Gasteiger partial charge on any atom is 0.341 e. The highest BCUT2D eigenvalue weighted by molar-refractivity contribution is 5.93. The number of rotatable bonds is 19. The van der Waals surface area contributed by atoms with Gasteiger partial charge in [-0.1, -0.05) is 56.2 Å². The van der Waals surface area contributed by atoms with E-state index in [0.717, 1.165) is 12.8 Å². The molecule has 2 atom stereocenters. The molecule has 0 aliphatic carbocycles. The Morgan fingerprint density at radius 3 is 2.07 bits per heavy atom. The summed E-state index contributed by atoms with van der Waals surface area (Å²) in [6, 6.07) is 10.5. The number of carbonyl (C=O) groups excluding carboxylic acids is 3. The first-order chi connectivity index (χ1) is 20.5. The Kier molecular flexibility index (Phi) is 14.2. The lowest BCUT2D eigenvalue weighted by Gasteiger charge is -2.24. The molecule has 0 fully saturated rings. The van der Waals surface area contributed by atoms with Gasteiger partial charge in [-0.05, 0) is 29.7 Å². The average Bonchev–Trinajstić information content (AvgIpc) is 2.97. The SMILES string of the molecule is CCCCCNC(=O)[C@@H](Cc1ccc(OCC(=O)O)c(C(=O)O)c1)NC(=O)[C@@H](Cc1ccccc1)NC(=O)CCC(=O)O. The first-order valence-electron chi connectivity index (χ1n) is 13.8. The van der Waals surface area contributed by atoms with E-state index < -0.39 is 60.7 Å². The van der Waals surface area contributed by atoms with Crippen LogP contribution in [0.4, 0.5) is 0 Å². The molecule has 232 valence electrons. The molecule has 0 saturated heterocycles. The van der Waals surface area contributed by atoms with Crippen LogP contribution in [-0.4, -0.2) is 76.2 Å². The number of hydrogen-bond donors (Lipinski definition) is 6. The third-order valence-corrected chi connectivity index (χ3v) is 6.28. The number of unbranched alkanes of at least 4 members (excludes halogenated alkanes) is 2. The van der Waals surface area contributed by atoms with Crippen molar-refractivity contribution in [2.45, 2.75) is 64.0 Å². The lowest BCUT2D eigenvalue weighted by atomic mass is 10.0. The zero-order valence-electron chi connectivity index (χ0n) is 23.8. The summed E-state index contributed by atoms with van der Waals surface area (Å²) in [7, 11) is 0. The third-order valence-electron chi connectivity index (χ3n) is 6.28. The standard InChI is InChI=1S/C30H37N3O10/c1-2-3-7-14-31-28(39)22(17-20-10-11-24(43-18-27(37)38)21(15-20)30(41)42)33-29(40)23(16-19-8-5-4-6-9-19)32-25(34)12-13-26(35)36/h4-6,8-11,15,22-23H,2-3,7,12-14,16-18H2,1H3,(H,31,39)(H,32,34)(H,33,40)(H,35,36)(H,37,38)(H,41,42)/t22-,23-/m1/s1. The molecule has 0 saturated carbocycles. The summed E-state index contributed by atoms with van der Waals surface area (Å²) in [5, 5.41) is 35.4. The highest BCUT2D eigenvalue weighted by Gasteiger charge is 2.28. The molecule has 2 aromatic rings. The number of carboxylic acid groups (broad SMARTS) is 3. The minimum atomic E-state index is -1.38. The summed E-state index contributed by atoms with van der Waals surface area (Å²) >= 11 is 0. The molecule has 0 aromatic heterocycles. The molecule has 6 N–H and O–H groups in total. The van der Waals surface area contributed by atoms with Crippen molar-refractivity contribution < 1.29 is 48.8 Å². The molecule has 0 heterocycles. The van der Waals surface area contributed by atoms with Crippen molar-refractivity contribution in [2.75, 3.05) is 13.2 Å². The third kappa shape index (κ3) is 12.6. The Morgan fingerprint density at radius 2 is 1.44 bits per heavy atom. The fourth-order valence-corrected chi connectivity index (χ4v) is 4.11. The molecular weight excluding hydrogens is 562 g/mol. The molecular formula is C30H37N3O10. The Labute approximate surface area is 248 Å². The van der Waals surface area contributed by atoms with E-state index in [-0.39, 0.29) is 30.6 Å². The second kappa shape index (κ2) is 17.8. The summed E-state index contributed by atoms with van der Waals surface area (Å²) < 4.78 is 5.06. The number of amides is 3. The number of nitrogens with one attached hydrogen (secondary N) is 3. The number of carboxylic acids is 3. The minimum absolute atomic E-state index is 0.0646. The summed E-state index contributed by atoms with van der Waals surface area (Å²) in [6.45, 7) is 1.60. The summed E-state index contributed by atoms with van der Waals surface area (Å²) in [5.74, 6) is -5.87. The zero-order valence-corrected chi connectivity index (χ0v) is 23.8. The van der Waals surface area contributed by atoms with Crippen molar-refractivity contribution in [2.24, 2.45) is 0 Å². The van der Waals surface area contributed by atoms with E-state index in [2.05, 4.69) is 16.0 Å². The van der Waals surface area contributed by atoms with Gasteiger partial charge in [-0.15, -0.1) is 0 Å². The number of aliphatic carboxylic acids is 2. The van der Waals surface area contributed by atoms with E-state index in [9.17, 15) is 33.9 Å². The molecule has 0 aliphatic rings. The molecule has 13 heteroatoms. The monoisotopic (exact) mass is 599 g/mol. The van der Waals surface area contributed by atoms with E-state index >= 15 is 0 Å². The van der Waals surface area contributed by atoms with E-state index in [1.165, 1.54) is 18.2 Å². The predicted molar refractivity (Wildman–Crippen MR) is 154 cm³/mol. The van der Waals surface area contributed by atoms with Crippen LogP contribution in [0.15, 0.2) is 48.5 Å². The molecule has 0 aliphatic heterocycles. The topological polar surface area (TPSA) is 208 Å². The molecule has 3 amide bonds. The van der Waals surface area contributed by atoms with Crippen LogP contribution < -0.4 is 20.7 Å². The van der Waals surface area contributed by atoms with Crippen molar-refractivity contribution in [3.63, 3.8) is 0 Å². The smallest absolute Gasteiger partial charge is 0.341 e. The second-order valence-corrected chi connectivity index (χ2v) is 9.79. The van der Waals surface area contributed by atoms with Crippen molar-refractivity contribution in [1.29, 1.82) is 0 Å². The van der Waals surface area contributed by atoms with Crippen molar-refractivity contribution in [3.8, 4) is 5.75 Å². The van der Waals surface area contributed by atoms with Crippen molar-refractivity contribution >= 4 is 35.6 Å². The molecule has 13 nitrogen and oxygen atoms in total. The van der Waals surface area contributed by atoms with Crippen LogP contribution in [0.2, 0.25) is 0 Å². The molecule has 2 rings (SSSR count). The van der Waals surface area contributed by atoms with Gasteiger partial charge in [0.1, 0.15) is 23.4 Å². The highest BCUT2D eigenvalue weighted by atomic mass is 16.5. The van der Waals surface area contributed by atoms with E-state index in [1.807, 2.05) is 6.92 Å². The van der Waals surface area contributed by atoms with Gasteiger partial charge in [0.05, 0.1) is 6.42 Å². The summed E-state index contributed by atoms with van der Waals surface area (Å²) in [5.41, 5.74) is 0.740.